The van der Waals surface area contributed by atoms with Crippen molar-refractivity contribution in [3.05, 3.63) is 59.9 Å². The molecule has 0 saturated carbocycles. The lowest BCUT2D eigenvalue weighted by molar-refractivity contribution is 0.130. The maximum Gasteiger partial charge on any atom is 0.304 e. The van der Waals surface area contributed by atoms with Crippen molar-refractivity contribution in [2.24, 2.45) is 0 Å². The zero-order chi connectivity index (χ0) is 25.6. The second-order valence-electron chi connectivity index (χ2n) is 5.30. The van der Waals surface area contributed by atoms with Crippen molar-refractivity contribution in [2.45, 2.75) is 0 Å². The molecule has 0 aliphatic carbocycles. The molecule has 0 radical (unpaired) electrons. The molecule has 0 aromatic carbocycles. The first-order valence-corrected chi connectivity index (χ1v) is 15.1. The summed E-state index contributed by atoms with van der Waals surface area (Å²) >= 11 is 0. The molecule has 32 heavy (non-hydrogen) atoms. The van der Waals surface area contributed by atoms with Crippen LogP contribution in [0, 0.1) is 0 Å². The average molecular weight is 556 g/mol. The second kappa shape index (κ2) is 10.9. The first kappa shape index (κ1) is 30.3. The third kappa shape index (κ3) is 8.67. The molecule has 0 unspecified atom stereocenters. The van der Waals surface area contributed by atoms with Crippen LogP contribution in [0.1, 0.15) is 0 Å². The molecule has 1 aliphatic rings. The highest BCUT2D eigenvalue weighted by Crippen LogP contribution is 2.19. The van der Waals surface area contributed by atoms with Crippen molar-refractivity contribution in [2.75, 3.05) is 20.0 Å². The number of nitrogens with zero attached hydrogens (tertiary/aromatic N) is 3. The molecule has 0 N–H and O–H groups in total. The summed E-state index contributed by atoms with van der Waals surface area (Å²) in [4.78, 5) is 0. The highest BCUT2D eigenvalue weighted by molar-refractivity contribution is 8.02. The van der Waals surface area contributed by atoms with Gasteiger partial charge in [0.1, 0.15) is 0 Å². The normalized spacial score (nSPS) is 17.4. The van der Waals surface area contributed by atoms with Crippen molar-refractivity contribution in [3.63, 3.8) is 0 Å². The second-order valence-corrected chi connectivity index (χ2v) is 14.1. The Kier molecular flexibility index (Phi) is 10.4. The summed E-state index contributed by atoms with van der Waals surface area (Å²) in [5.74, 6) is 0. The van der Waals surface area contributed by atoms with Gasteiger partial charge in [-0.2, -0.15) is 29.8 Å². The monoisotopic (exact) mass is 555 g/mol. The molecule has 1 fully saturated rings. The Balaban J connectivity index is 0.000000739. The van der Waals surface area contributed by atoms with E-state index in [1.165, 1.54) is 0 Å². The lowest BCUT2D eigenvalue weighted by atomic mass is 10.8. The Labute approximate surface area is 188 Å². The maximum absolute atomic E-state index is 11.8. The molecule has 184 valence electrons. The fourth-order valence-corrected chi connectivity index (χ4v) is 5.80. The van der Waals surface area contributed by atoms with Crippen molar-refractivity contribution in [1.29, 1.82) is 0 Å². The lowest BCUT2D eigenvalue weighted by Gasteiger charge is -2.38. The standard InChI is InChI=1S/C9H15N3O6S3.C4H6O5S2/c1-4-19(13,14)10-7-11(20(15,16)5-2)9-12(8-10)21(17,18)6-3;1-3-10(5,6)9-11(7,8)4-2/h4-6H,1-3,7-9H2;3-4H,1-2H2. The first-order chi connectivity index (χ1) is 14.3. The molecule has 1 heterocycles. The fourth-order valence-electron chi connectivity index (χ4n) is 1.65. The summed E-state index contributed by atoms with van der Waals surface area (Å²) in [6, 6.07) is 0. The number of hydrogen-bond acceptors (Lipinski definition) is 11. The molecule has 1 aliphatic heterocycles. The largest absolute Gasteiger partial charge is 0.304 e. The molecule has 1 saturated heterocycles. The molecular weight excluding hydrogens is 534 g/mol. The van der Waals surface area contributed by atoms with E-state index in [2.05, 4.69) is 36.5 Å². The third-order valence-electron chi connectivity index (χ3n) is 3.26. The van der Waals surface area contributed by atoms with Crippen molar-refractivity contribution in [3.8, 4) is 0 Å². The molecule has 0 spiro atoms. The van der Waals surface area contributed by atoms with Gasteiger partial charge in [0.25, 0.3) is 0 Å². The van der Waals surface area contributed by atoms with Crippen LogP contribution in [0.2, 0.25) is 0 Å². The smallest absolute Gasteiger partial charge is 0.207 e. The minimum atomic E-state index is -4.18. The van der Waals surface area contributed by atoms with Crippen LogP contribution in [0.15, 0.2) is 59.9 Å². The molecule has 0 aromatic heterocycles. The van der Waals surface area contributed by atoms with Crippen LogP contribution in [0.5, 0.6) is 0 Å². The van der Waals surface area contributed by atoms with Crippen molar-refractivity contribution < 1.29 is 45.7 Å². The maximum atomic E-state index is 11.8. The number of rotatable bonds is 10. The Morgan fingerprint density at radius 2 is 0.688 bits per heavy atom. The van der Waals surface area contributed by atoms with Gasteiger partial charge in [0.15, 0.2) is 0 Å². The summed E-state index contributed by atoms with van der Waals surface area (Å²) in [7, 11) is -20.4. The van der Waals surface area contributed by atoms with E-state index < -0.39 is 70.3 Å². The molecule has 0 amide bonds. The van der Waals surface area contributed by atoms with E-state index in [1.54, 1.807) is 0 Å². The van der Waals surface area contributed by atoms with Crippen molar-refractivity contribution in [1.82, 2.24) is 12.9 Å². The Bertz CT molecular complexity index is 1150. The van der Waals surface area contributed by atoms with Crippen molar-refractivity contribution >= 4 is 50.3 Å². The molecule has 0 aromatic rings. The highest BCUT2D eigenvalue weighted by atomic mass is 32.3. The van der Waals surface area contributed by atoms with Gasteiger partial charge in [-0.05, 0) is 0 Å². The predicted octanol–water partition coefficient (Wildman–Crippen LogP) is -0.852. The Morgan fingerprint density at radius 3 is 0.844 bits per heavy atom. The van der Waals surface area contributed by atoms with Crippen LogP contribution in [0.4, 0.5) is 0 Å². The average Bonchev–Trinajstić information content (AvgIpc) is 2.73. The van der Waals surface area contributed by atoms with E-state index in [-0.39, 0.29) is 0 Å². The molecule has 0 atom stereocenters. The van der Waals surface area contributed by atoms with Crippen LogP contribution in [0.25, 0.3) is 0 Å². The zero-order valence-electron chi connectivity index (χ0n) is 16.4. The van der Waals surface area contributed by atoms with Crippen LogP contribution < -0.4 is 0 Å². The molecule has 1 rings (SSSR count). The summed E-state index contributed by atoms with van der Waals surface area (Å²) in [6.45, 7) is 13.4. The van der Waals surface area contributed by atoms with Crippen LogP contribution in [-0.4, -0.2) is 75.0 Å². The van der Waals surface area contributed by atoms with E-state index in [9.17, 15) is 42.1 Å². The van der Waals surface area contributed by atoms with Crippen LogP contribution >= 0.6 is 0 Å². The van der Waals surface area contributed by atoms with Gasteiger partial charge in [0.05, 0.1) is 30.8 Å². The van der Waals surface area contributed by atoms with E-state index in [1.807, 2.05) is 0 Å². The summed E-state index contributed by atoms with van der Waals surface area (Å²) in [5, 5.41) is 2.59. The molecule has 14 nitrogen and oxygen atoms in total. The highest BCUT2D eigenvalue weighted by Gasteiger charge is 2.38. The van der Waals surface area contributed by atoms with E-state index >= 15 is 0 Å². The number of sulfonamides is 3. The summed E-state index contributed by atoms with van der Waals surface area (Å²) in [5.41, 5.74) is 0. The predicted molar refractivity (Wildman–Crippen MR) is 117 cm³/mol. The van der Waals surface area contributed by atoms with Gasteiger partial charge >= 0.3 is 20.2 Å². The van der Waals surface area contributed by atoms with E-state index in [0.29, 0.717) is 40.0 Å². The minimum absolute atomic E-state index is 0.383. The fraction of sp³-hybridized carbons (Fsp3) is 0.231. The zero-order valence-corrected chi connectivity index (χ0v) is 20.5. The summed E-state index contributed by atoms with van der Waals surface area (Å²) < 4.78 is 118. The lowest BCUT2D eigenvalue weighted by Crippen LogP contribution is -2.58. The van der Waals surface area contributed by atoms with Gasteiger partial charge in [0.2, 0.25) is 30.1 Å². The SMILES string of the molecule is C=CS(=O)(=O)N1CN(S(=O)(=O)C=C)CN(S(=O)(=O)C=C)C1.C=CS(=O)(=O)OS(=O)(=O)C=C. The van der Waals surface area contributed by atoms with Gasteiger partial charge in [0, 0.05) is 16.2 Å². The Morgan fingerprint density at radius 1 is 0.469 bits per heavy atom. The number of hydrogen-bond donors (Lipinski definition) is 0. The first-order valence-electron chi connectivity index (χ1n) is 7.66. The molecule has 0 bridgehead atoms. The topological polar surface area (TPSA) is 190 Å². The third-order valence-corrected chi connectivity index (χ3v) is 9.71. The quantitative estimate of drug-likeness (QED) is 0.326. The molecule has 19 heteroatoms. The van der Waals surface area contributed by atoms with E-state index in [4.69, 9.17) is 0 Å². The van der Waals surface area contributed by atoms with Gasteiger partial charge < -0.3 is 0 Å². The van der Waals surface area contributed by atoms with Crippen LogP contribution in [-0.2, 0) is 53.9 Å². The van der Waals surface area contributed by atoms with Gasteiger partial charge in [-0.15, -0.1) is 3.63 Å². The van der Waals surface area contributed by atoms with Gasteiger partial charge in [-0.25, -0.2) is 25.3 Å². The van der Waals surface area contributed by atoms with E-state index in [0.717, 1.165) is 0 Å². The van der Waals surface area contributed by atoms with Gasteiger partial charge in [-0.1, -0.05) is 32.9 Å². The van der Waals surface area contributed by atoms with Gasteiger partial charge in [-0.3, -0.25) is 0 Å². The summed E-state index contributed by atoms with van der Waals surface area (Å²) in [6.07, 6.45) is 0. The van der Waals surface area contributed by atoms with Crippen LogP contribution in [0.3, 0.4) is 0 Å². The molecular formula is C13H21N3O11S5. The minimum Gasteiger partial charge on any atom is -0.207 e. The Hall–Kier alpha value is -1.71.